The van der Waals surface area contributed by atoms with Gasteiger partial charge >= 0.3 is 5.69 Å². The predicted octanol–water partition coefficient (Wildman–Crippen LogP) is 3.05. The van der Waals surface area contributed by atoms with E-state index in [-0.39, 0.29) is 5.69 Å². The van der Waals surface area contributed by atoms with Gasteiger partial charge in [-0.15, -0.1) is 5.10 Å². The lowest BCUT2D eigenvalue weighted by molar-refractivity contribution is 0.639. The molecule has 0 aliphatic heterocycles. The summed E-state index contributed by atoms with van der Waals surface area (Å²) in [6, 6.07) is 12.2. The Kier molecular flexibility index (Phi) is 4.34. The highest BCUT2D eigenvalue weighted by atomic mass is 32.2. The van der Waals surface area contributed by atoms with E-state index in [1.165, 1.54) is 16.7 Å². The molecule has 0 fully saturated rings. The summed E-state index contributed by atoms with van der Waals surface area (Å²) < 4.78 is 3.12. The van der Waals surface area contributed by atoms with Crippen LogP contribution in [0.1, 0.15) is 16.7 Å². The molecule has 0 unspecified atom stereocenters. The minimum atomic E-state index is -0.0670. The Morgan fingerprint density at radius 2 is 1.91 bits per heavy atom. The molecule has 0 amide bonds. The maximum absolute atomic E-state index is 12.1. The van der Waals surface area contributed by atoms with Crippen LogP contribution in [-0.4, -0.2) is 19.9 Å². The molecule has 0 aliphatic carbocycles. The molecule has 2 aromatic heterocycles. The monoisotopic (exact) mass is 313 g/mol. The van der Waals surface area contributed by atoms with Gasteiger partial charge in [0.05, 0.1) is 6.54 Å². The van der Waals surface area contributed by atoms with E-state index in [0.717, 1.165) is 11.5 Å². The van der Waals surface area contributed by atoms with Gasteiger partial charge in [-0.05, 0) is 31.5 Å². The molecule has 0 aliphatic rings. The molecule has 0 spiro atoms. The summed E-state index contributed by atoms with van der Waals surface area (Å²) in [6.07, 6.45) is 1.75. The molecule has 0 saturated heterocycles. The standard InChI is InChI=1S/C17H19N3OS/c1-13-9-14(2)11-15(10-13)12-22-8-7-20-17(21)19-6-4-3-5-16(19)18-20/h3-6,9-11H,7-8,12H2,1-2H3. The highest BCUT2D eigenvalue weighted by Gasteiger charge is 2.05. The maximum atomic E-state index is 12.1. The largest absolute Gasteiger partial charge is 0.350 e. The van der Waals surface area contributed by atoms with Crippen LogP contribution in [0.4, 0.5) is 0 Å². The normalized spacial score (nSPS) is 11.2. The van der Waals surface area contributed by atoms with Crippen LogP contribution in [-0.2, 0) is 12.3 Å². The van der Waals surface area contributed by atoms with Crippen LogP contribution in [0.3, 0.4) is 0 Å². The fraction of sp³-hybridized carbons (Fsp3) is 0.294. The quantitative estimate of drug-likeness (QED) is 0.680. The Labute approximate surface area is 133 Å². The van der Waals surface area contributed by atoms with Gasteiger partial charge in [-0.1, -0.05) is 35.4 Å². The smallest absolute Gasteiger partial charge is 0.250 e. The number of hydrogen-bond donors (Lipinski definition) is 0. The van der Waals surface area contributed by atoms with Crippen LogP contribution in [0.2, 0.25) is 0 Å². The molecule has 22 heavy (non-hydrogen) atoms. The van der Waals surface area contributed by atoms with Gasteiger partial charge < -0.3 is 0 Å². The summed E-state index contributed by atoms with van der Waals surface area (Å²) >= 11 is 1.83. The highest BCUT2D eigenvalue weighted by Crippen LogP contribution is 2.16. The second-order valence-corrected chi connectivity index (χ2v) is 6.59. The fourth-order valence-electron chi connectivity index (χ4n) is 2.61. The lowest BCUT2D eigenvalue weighted by Gasteiger charge is -2.05. The fourth-order valence-corrected chi connectivity index (χ4v) is 3.46. The number of nitrogens with zero attached hydrogens (tertiary/aromatic N) is 3. The van der Waals surface area contributed by atoms with E-state index in [4.69, 9.17) is 0 Å². The van der Waals surface area contributed by atoms with E-state index in [2.05, 4.69) is 37.1 Å². The summed E-state index contributed by atoms with van der Waals surface area (Å²) in [4.78, 5) is 12.1. The van der Waals surface area contributed by atoms with Crippen LogP contribution in [0, 0.1) is 13.8 Å². The molecule has 0 atom stereocenters. The van der Waals surface area contributed by atoms with E-state index in [1.54, 1.807) is 15.3 Å². The zero-order valence-corrected chi connectivity index (χ0v) is 13.6. The number of hydrogen-bond acceptors (Lipinski definition) is 3. The van der Waals surface area contributed by atoms with Gasteiger partial charge in [0.15, 0.2) is 5.65 Å². The van der Waals surface area contributed by atoms with Gasteiger partial charge in [0.2, 0.25) is 0 Å². The number of fused-ring (bicyclic) bond motifs is 1. The van der Waals surface area contributed by atoms with Crippen LogP contribution in [0.5, 0.6) is 0 Å². The van der Waals surface area contributed by atoms with E-state index in [9.17, 15) is 4.79 Å². The van der Waals surface area contributed by atoms with E-state index in [0.29, 0.717) is 12.2 Å². The minimum Gasteiger partial charge on any atom is -0.250 e. The average molecular weight is 313 g/mol. The van der Waals surface area contributed by atoms with Crippen molar-refractivity contribution < 1.29 is 0 Å². The molecule has 1 aromatic carbocycles. The maximum Gasteiger partial charge on any atom is 0.350 e. The van der Waals surface area contributed by atoms with Crippen LogP contribution in [0.25, 0.3) is 5.65 Å². The van der Waals surface area contributed by atoms with E-state index >= 15 is 0 Å². The predicted molar refractivity (Wildman–Crippen MR) is 91.5 cm³/mol. The summed E-state index contributed by atoms with van der Waals surface area (Å²) in [6.45, 7) is 4.88. The lowest BCUT2D eigenvalue weighted by Crippen LogP contribution is -2.22. The van der Waals surface area contributed by atoms with Crippen molar-refractivity contribution in [1.29, 1.82) is 0 Å². The van der Waals surface area contributed by atoms with Gasteiger partial charge in [-0.3, -0.25) is 4.40 Å². The Morgan fingerprint density at radius 3 is 2.64 bits per heavy atom. The molecular weight excluding hydrogens is 294 g/mol. The molecule has 4 nitrogen and oxygen atoms in total. The molecule has 3 aromatic rings. The van der Waals surface area contributed by atoms with Crippen molar-refractivity contribution in [3.05, 3.63) is 69.8 Å². The first kappa shape index (κ1) is 14.9. The van der Waals surface area contributed by atoms with Crippen molar-refractivity contribution in [2.75, 3.05) is 5.75 Å². The van der Waals surface area contributed by atoms with Crippen molar-refractivity contribution in [2.45, 2.75) is 26.1 Å². The molecular formula is C17H19N3OS. The molecule has 0 bridgehead atoms. The molecule has 2 heterocycles. The van der Waals surface area contributed by atoms with Gasteiger partial charge in [0.1, 0.15) is 0 Å². The number of aryl methyl sites for hydroxylation is 3. The minimum absolute atomic E-state index is 0.0670. The first-order chi connectivity index (χ1) is 10.6. The van der Waals surface area contributed by atoms with Crippen molar-refractivity contribution in [3.8, 4) is 0 Å². The number of benzene rings is 1. The third kappa shape index (κ3) is 3.25. The summed E-state index contributed by atoms with van der Waals surface area (Å²) in [7, 11) is 0. The second kappa shape index (κ2) is 6.40. The number of thioether (sulfide) groups is 1. The summed E-state index contributed by atoms with van der Waals surface area (Å²) in [5.41, 5.74) is 4.57. The zero-order valence-electron chi connectivity index (χ0n) is 12.8. The number of rotatable bonds is 5. The van der Waals surface area contributed by atoms with Gasteiger partial charge in [0, 0.05) is 17.7 Å². The van der Waals surface area contributed by atoms with E-state index in [1.807, 2.05) is 30.0 Å². The molecule has 0 N–H and O–H groups in total. The van der Waals surface area contributed by atoms with E-state index < -0.39 is 0 Å². The summed E-state index contributed by atoms with van der Waals surface area (Å²) in [5.74, 6) is 1.83. The second-order valence-electron chi connectivity index (χ2n) is 5.48. The van der Waals surface area contributed by atoms with Crippen LogP contribution < -0.4 is 5.69 Å². The molecule has 3 rings (SSSR count). The highest BCUT2D eigenvalue weighted by molar-refractivity contribution is 7.98. The molecule has 0 saturated carbocycles. The first-order valence-corrected chi connectivity index (χ1v) is 8.48. The number of aromatic nitrogens is 3. The Morgan fingerprint density at radius 1 is 1.14 bits per heavy atom. The molecule has 0 radical (unpaired) electrons. The third-order valence-corrected chi connectivity index (χ3v) is 4.49. The van der Waals surface area contributed by atoms with Crippen molar-refractivity contribution >= 4 is 17.4 Å². The summed E-state index contributed by atoms with van der Waals surface area (Å²) in [5, 5.41) is 4.34. The van der Waals surface area contributed by atoms with Gasteiger partial charge in [-0.2, -0.15) is 11.8 Å². The molecule has 5 heteroatoms. The zero-order chi connectivity index (χ0) is 15.5. The Hall–Kier alpha value is -2.01. The Balaban J connectivity index is 1.60. The van der Waals surface area contributed by atoms with Crippen LogP contribution >= 0.6 is 11.8 Å². The van der Waals surface area contributed by atoms with Crippen LogP contribution in [0.15, 0.2) is 47.4 Å². The topological polar surface area (TPSA) is 39.3 Å². The Bertz CT molecular complexity index is 830. The van der Waals surface area contributed by atoms with Crippen molar-refractivity contribution in [3.63, 3.8) is 0 Å². The van der Waals surface area contributed by atoms with Gasteiger partial charge in [-0.25, -0.2) is 9.48 Å². The first-order valence-electron chi connectivity index (χ1n) is 7.32. The van der Waals surface area contributed by atoms with Crippen molar-refractivity contribution in [2.24, 2.45) is 0 Å². The lowest BCUT2D eigenvalue weighted by atomic mass is 10.1. The van der Waals surface area contributed by atoms with Gasteiger partial charge in [0.25, 0.3) is 0 Å². The average Bonchev–Trinajstić information content (AvgIpc) is 2.80. The van der Waals surface area contributed by atoms with Crippen molar-refractivity contribution in [1.82, 2.24) is 14.2 Å². The third-order valence-electron chi connectivity index (χ3n) is 3.49. The molecule has 114 valence electrons. The SMILES string of the molecule is Cc1cc(C)cc(CSCCn2nc3ccccn3c2=O)c1. The number of pyridine rings is 1.